The first kappa shape index (κ1) is 12.9. The molecule has 2 unspecified atom stereocenters. The predicted molar refractivity (Wildman–Crippen MR) is 78.2 cm³/mol. The number of carbonyl (C=O) groups excluding carboxylic acids is 1. The van der Waals surface area contributed by atoms with Gasteiger partial charge in [0.15, 0.2) is 5.13 Å². The first-order valence-corrected chi connectivity index (χ1v) is 7.35. The Balaban J connectivity index is 1.80. The van der Waals surface area contributed by atoms with E-state index in [1.54, 1.807) is 18.2 Å². The summed E-state index contributed by atoms with van der Waals surface area (Å²) < 4.78 is 0.901. The second-order valence-corrected chi connectivity index (χ2v) is 6.04. The highest BCUT2D eigenvalue weighted by molar-refractivity contribution is 7.22. The number of hydrogen-bond donors (Lipinski definition) is 2. The Morgan fingerprint density at radius 3 is 3.15 bits per heavy atom. The van der Waals surface area contributed by atoms with Crippen LogP contribution in [0, 0.1) is 17.2 Å². The summed E-state index contributed by atoms with van der Waals surface area (Å²) in [6.07, 6.45) is 2.74. The third-order valence-corrected chi connectivity index (χ3v) is 4.51. The molecule has 0 bridgehead atoms. The number of amides is 1. The Hall–Kier alpha value is -2.13. The van der Waals surface area contributed by atoms with Crippen LogP contribution in [0.5, 0.6) is 0 Å². The monoisotopic (exact) mass is 286 g/mol. The fraction of sp³-hybridized carbons (Fsp3) is 0.357. The van der Waals surface area contributed by atoms with Crippen molar-refractivity contribution >= 4 is 32.6 Å². The van der Waals surface area contributed by atoms with Gasteiger partial charge in [-0.05, 0) is 37.5 Å². The molecule has 1 amide bonds. The number of benzene rings is 1. The van der Waals surface area contributed by atoms with Crippen LogP contribution in [-0.4, -0.2) is 16.9 Å². The number of anilines is 1. The number of fused-ring (bicyclic) bond motifs is 1. The molecule has 1 fully saturated rings. The van der Waals surface area contributed by atoms with Gasteiger partial charge < -0.3 is 11.1 Å². The lowest BCUT2D eigenvalue weighted by atomic mass is 10.1. The number of nitrogens with zero attached hydrogens (tertiary/aromatic N) is 2. The average molecular weight is 286 g/mol. The SMILES string of the molecule is N#CC1CCCC1NC(=O)c1ccc2nc(N)sc2c1. The Kier molecular flexibility index (Phi) is 3.28. The highest BCUT2D eigenvalue weighted by Crippen LogP contribution is 2.27. The summed E-state index contributed by atoms with van der Waals surface area (Å²) >= 11 is 1.37. The van der Waals surface area contributed by atoms with E-state index in [-0.39, 0.29) is 17.9 Å². The van der Waals surface area contributed by atoms with Gasteiger partial charge in [-0.2, -0.15) is 5.26 Å². The molecule has 1 aliphatic rings. The summed E-state index contributed by atoms with van der Waals surface area (Å²) in [6.45, 7) is 0. The molecule has 1 heterocycles. The maximum atomic E-state index is 12.2. The molecule has 0 radical (unpaired) electrons. The molecular formula is C14H14N4OS. The summed E-state index contributed by atoms with van der Waals surface area (Å²) in [6, 6.07) is 7.57. The van der Waals surface area contributed by atoms with Crippen LogP contribution in [0.3, 0.4) is 0 Å². The van der Waals surface area contributed by atoms with Crippen molar-refractivity contribution in [3.05, 3.63) is 23.8 Å². The van der Waals surface area contributed by atoms with Gasteiger partial charge >= 0.3 is 0 Å². The zero-order valence-electron chi connectivity index (χ0n) is 10.8. The van der Waals surface area contributed by atoms with Gasteiger partial charge in [-0.25, -0.2) is 4.98 Å². The van der Waals surface area contributed by atoms with E-state index in [0.29, 0.717) is 10.7 Å². The van der Waals surface area contributed by atoms with Gasteiger partial charge in [0, 0.05) is 11.6 Å². The van der Waals surface area contributed by atoms with Crippen LogP contribution in [0.4, 0.5) is 5.13 Å². The highest BCUT2D eigenvalue weighted by atomic mass is 32.1. The van der Waals surface area contributed by atoms with Crippen LogP contribution in [0.15, 0.2) is 18.2 Å². The second-order valence-electron chi connectivity index (χ2n) is 4.98. The highest BCUT2D eigenvalue weighted by Gasteiger charge is 2.28. The number of aromatic nitrogens is 1. The van der Waals surface area contributed by atoms with Crippen molar-refractivity contribution in [2.24, 2.45) is 5.92 Å². The minimum Gasteiger partial charge on any atom is -0.375 e. The molecule has 3 rings (SSSR count). The van der Waals surface area contributed by atoms with E-state index in [1.807, 2.05) is 0 Å². The van der Waals surface area contributed by atoms with Crippen LogP contribution in [0.25, 0.3) is 10.2 Å². The van der Waals surface area contributed by atoms with Crippen molar-refractivity contribution in [1.29, 1.82) is 5.26 Å². The van der Waals surface area contributed by atoms with Gasteiger partial charge in [0.25, 0.3) is 5.91 Å². The molecule has 1 aliphatic carbocycles. The fourth-order valence-electron chi connectivity index (χ4n) is 2.62. The minimum atomic E-state index is -0.133. The number of nitriles is 1. The Bertz CT molecular complexity index is 703. The molecule has 1 saturated carbocycles. The van der Waals surface area contributed by atoms with E-state index < -0.39 is 0 Å². The summed E-state index contributed by atoms with van der Waals surface area (Å²) in [7, 11) is 0. The number of carbonyl (C=O) groups is 1. The van der Waals surface area contributed by atoms with E-state index in [2.05, 4.69) is 16.4 Å². The second kappa shape index (κ2) is 5.10. The molecule has 6 heteroatoms. The third-order valence-electron chi connectivity index (χ3n) is 3.67. The first-order chi connectivity index (χ1) is 9.67. The summed E-state index contributed by atoms with van der Waals surface area (Å²) in [5.41, 5.74) is 7.05. The first-order valence-electron chi connectivity index (χ1n) is 6.54. The largest absolute Gasteiger partial charge is 0.375 e. The van der Waals surface area contributed by atoms with Crippen molar-refractivity contribution < 1.29 is 4.79 Å². The molecule has 2 atom stereocenters. The standard InChI is InChI=1S/C14H14N4OS/c15-7-9-2-1-3-10(9)17-13(19)8-4-5-11-12(6-8)20-14(16)18-11/h4-6,9-10H,1-3H2,(H2,16,18)(H,17,19). The number of thiazole rings is 1. The van der Waals surface area contributed by atoms with E-state index in [0.717, 1.165) is 29.5 Å². The van der Waals surface area contributed by atoms with Crippen molar-refractivity contribution in [3.8, 4) is 6.07 Å². The van der Waals surface area contributed by atoms with Gasteiger partial charge in [-0.3, -0.25) is 4.79 Å². The zero-order valence-corrected chi connectivity index (χ0v) is 11.6. The maximum absolute atomic E-state index is 12.2. The van der Waals surface area contributed by atoms with Gasteiger partial charge in [-0.15, -0.1) is 0 Å². The number of nitrogen functional groups attached to an aromatic ring is 1. The lowest BCUT2D eigenvalue weighted by molar-refractivity contribution is 0.0933. The Labute approximate surface area is 120 Å². The summed E-state index contributed by atoms with van der Waals surface area (Å²) in [4.78, 5) is 16.4. The van der Waals surface area contributed by atoms with Gasteiger partial charge in [-0.1, -0.05) is 11.3 Å². The third kappa shape index (κ3) is 2.32. The Morgan fingerprint density at radius 1 is 1.50 bits per heavy atom. The quantitative estimate of drug-likeness (QED) is 0.886. The molecule has 0 saturated heterocycles. The summed E-state index contributed by atoms with van der Waals surface area (Å²) in [5.74, 6) is -0.201. The number of nitrogens with one attached hydrogen (secondary N) is 1. The lowest BCUT2D eigenvalue weighted by Gasteiger charge is -2.15. The average Bonchev–Trinajstić information content (AvgIpc) is 3.02. The van der Waals surface area contributed by atoms with Gasteiger partial charge in [0.2, 0.25) is 0 Å². The lowest BCUT2D eigenvalue weighted by Crippen LogP contribution is -2.36. The van der Waals surface area contributed by atoms with E-state index in [4.69, 9.17) is 11.0 Å². The molecule has 2 aromatic rings. The maximum Gasteiger partial charge on any atom is 0.251 e. The topological polar surface area (TPSA) is 91.8 Å². The van der Waals surface area contributed by atoms with E-state index >= 15 is 0 Å². The van der Waals surface area contributed by atoms with Crippen molar-refractivity contribution in [2.75, 3.05) is 5.73 Å². The normalized spacial score (nSPS) is 21.8. The Morgan fingerprint density at radius 2 is 2.35 bits per heavy atom. The minimum absolute atomic E-state index is 0.0327. The van der Waals surface area contributed by atoms with Crippen LogP contribution >= 0.6 is 11.3 Å². The molecule has 0 spiro atoms. The number of hydrogen-bond acceptors (Lipinski definition) is 5. The fourth-order valence-corrected chi connectivity index (χ4v) is 3.40. The summed E-state index contributed by atoms with van der Waals surface area (Å²) in [5, 5.41) is 12.5. The molecule has 3 N–H and O–H groups in total. The molecule has 20 heavy (non-hydrogen) atoms. The van der Waals surface area contributed by atoms with Crippen molar-refractivity contribution in [2.45, 2.75) is 25.3 Å². The molecule has 5 nitrogen and oxygen atoms in total. The van der Waals surface area contributed by atoms with Crippen LogP contribution in [0.1, 0.15) is 29.6 Å². The molecule has 0 aliphatic heterocycles. The molecule has 102 valence electrons. The van der Waals surface area contributed by atoms with Crippen molar-refractivity contribution in [1.82, 2.24) is 10.3 Å². The van der Waals surface area contributed by atoms with E-state index in [1.165, 1.54) is 11.3 Å². The van der Waals surface area contributed by atoms with Gasteiger partial charge in [0.05, 0.1) is 22.2 Å². The van der Waals surface area contributed by atoms with Crippen LogP contribution in [-0.2, 0) is 0 Å². The molecule has 1 aromatic heterocycles. The predicted octanol–water partition coefficient (Wildman–Crippen LogP) is 2.30. The van der Waals surface area contributed by atoms with Crippen LogP contribution < -0.4 is 11.1 Å². The van der Waals surface area contributed by atoms with Crippen molar-refractivity contribution in [3.63, 3.8) is 0 Å². The smallest absolute Gasteiger partial charge is 0.251 e. The van der Waals surface area contributed by atoms with Gasteiger partial charge in [0.1, 0.15) is 0 Å². The van der Waals surface area contributed by atoms with Crippen LogP contribution in [0.2, 0.25) is 0 Å². The zero-order chi connectivity index (χ0) is 14.1. The van der Waals surface area contributed by atoms with E-state index in [9.17, 15) is 4.79 Å². The number of rotatable bonds is 2. The molecular weight excluding hydrogens is 272 g/mol. The molecule has 1 aromatic carbocycles. The number of nitrogens with two attached hydrogens (primary N) is 1.